The normalized spacial score (nSPS) is 16.9. The highest BCUT2D eigenvalue weighted by Gasteiger charge is 2.43. The van der Waals surface area contributed by atoms with E-state index < -0.39 is 5.41 Å². The van der Waals surface area contributed by atoms with Crippen LogP contribution in [0.2, 0.25) is 0 Å². The molecule has 0 amide bonds. The van der Waals surface area contributed by atoms with Gasteiger partial charge in [0.05, 0.1) is 25.0 Å². The zero-order valence-corrected chi connectivity index (χ0v) is 10.2. The third-order valence-electron chi connectivity index (χ3n) is 2.94. The predicted octanol–water partition coefficient (Wildman–Crippen LogP) is 2.74. The SMILES string of the molecule is N#CC1(c2nc(-c3cccc(F)c3)cs2)COC1. The molecular weight excluding hydrogens is 251 g/mol. The number of nitrogens with zero attached hydrogens (tertiary/aromatic N) is 2. The van der Waals surface area contributed by atoms with Gasteiger partial charge in [-0.15, -0.1) is 11.3 Å². The van der Waals surface area contributed by atoms with Crippen LogP contribution in [0.3, 0.4) is 0 Å². The highest BCUT2D eigenvalue weighted by molar-refractivity contribution is 7.10. The van der Waals surface area contributed by atoms with Crippen molar-refractivity contribution in [1.29, 1.82) is 5.26 Å². The van der Waals surface area contributed by atoms with Crippen molar-refractivity contribution in [3.05, 3.63) is 40.5 Å². The Labute approximate surface area is 107 Å². The van der Waals surface area contributed by atoms with Crippen LogP contribution in [0.4, 0.5) is 4.39 Å². The van der Waals surface area contributed by atoms with E-state index >= 15 is 0 Å². The summed E-state index contributed by atoms with van der Waals surface area (Å²) in [5, 5.41) is 11.8. The van der Waals surface area contributed by atoms with Gasteiger partial charge in [-0.25, -0.2) is 9.37 Å². The third-order valence-corrected chi connectivity index (χ3v) is 3.99. The number of benzene rings is 1. The first-order valence-electron chi connectivity index (χ1n) is 5.44. The average Bonchev–Trinajstić information content (AvgIpc) is 2.78. The van der Waals surface area contributed by atoms with Gasteiger partial charge in [-0.05, 0) is 12.1 Å². The van der Waals surface area contributed by atoms with Gasteiger partial charge < -0.3 is 4.74 Å². The summed E-state index contributed by atoms with van der Waals surface area (Å²) in [6, 6.07) is 8.54. The van der Waals surface area contributed by atoms with Crippen molar-refractivity contribution in [2.45, 2.75) is 5.41 Å². The van der Waals surface area contributed by atoms with Crippen LogP contribution in [0, 0.1) is 17.1 Å². The maximum atomic E-state index is 13.1. The van der Waals surface area contributed by atoms with Gasteiger partial charge in [-0.1, -0.05) is 12.1 Å². The minimum Gasteiger partial charge on any atom is -0.377 e. The first-order chi connectivity index (χ1) is 8.73. The van der Waals surface area contributed by atoms with E-state index in [1.807, 2.05) is 5.38 Å². The van der Waals surface area contributed by atoms with E-state index in [-0.39, 0.29) is 5.82 Å². The van der Waals surface area contributed by atoms with E-state index in [0.717, 1.165) is 10.6 Å². The van der Waals surface area contributed by atoms with Crippen LogP contribution in [-0.4, -0.2) is 18.2 Å². The van der Waals surface area contributed by atoms with Crippen molar-refractivity contribution in [3.8, 4) is 17.3 Å². The van der Waals surface area contributed by atoms with E-state index in [0.29, 0.717) is 18.9 Å². The standard InChI is InChI=1S/C13H9FN2OS/c14-10-3-1-2-9(4-10)11-5-18-12(16-11)13(6-15)7-17-8-13/h1-5H,7-8H2. The summed E-state index contributed by atoms with van der Waals surface area (Å²) in [5.74, 6) is -0.288. The van der Waals surface area contributed by atoms with Gasteiger partial charge in [-0.2, -0.15) is 5.26 Å². The lowest BCUT2D eigenvalue weighted by Crippen LogP contribution is -2.45. The highest BCUT2D eigenvalue weighted by atomic mass is 32.1. The van der Waals surface area contributed by atoms with Crippen LogP contribution < -0.4 is 0 Å². The topological polar surface area (TPSA) is 45.9 Å². The quantitative estimate of drug-likeness (QED) is 0.834. The molecule has 1 aromatic heterocycles. The minimum atomic E-state index is -0.601. The Morgan fingerprint density at radius 1 is 1.44 bits per heavy atom. The Hall–Kier alpha value is -1.77. The summed E-state index contributed by atoms with van der Waals surface area (Å²) in [5.41, 5.74) is 0.831. The summed E-state index contributed by atoms with van der Waals surface area (Å²) < 4.78 is 18.2. The number of thiazole rings is 1. The van der Waals surface area contributed by atoms with Crippen molar-refractivity contribution in [2.24, 2.45) is 0 Å². The highest BCUT2D eigenvalue weighted by Crippen LogP contribution is 2.35. The van der Waals surface area contributed by atoms with E-state index in [9.17, 15) is 9.65 Å². The molecule has 1 saturated heterocycles. The fourth-order valence-electron chi connectivity index (χ4n) is 1.82. The lowest BCUT2D eigenvalue weighted by Gasteiger charge is -2.32. The predicted molar refractivity (Wildman–Crippen MR) is 65.6 cm³/mol. The number of hydrogen-bond donors (Lipinski definition) is 0. The number of aromatic nitrogens is 1. The van der Waals surface area contributed by atoms with Crippen LogP contribution in [0.5, 0.6) is 0 Å². The Bertz CT molecular complexity index is 628. The van der Waals surface area contributed by atoms with Gasteiger partial charge in [0.15, 0.2) is 5.41 Å². The van der Waals surface area contributed by atoms with E-state index in [2.05, 4.69) is 11.1 Å². The van der Waals surface area contributed by atoms with Crippen LogP contribution in [0.1, 0.15) is 5.01 Å². The number of hydrogen-bond acceptors (Lipinski definition) is 4. The van der Waals surface area contributed by atoms with Crippen LogP contribution in [0.25, 0.3) is 11.3 Å². The second-order valence-electron chi connectivity index (χ2n) is 4.23. The number of ether oxygens (including phenoxy) is 1. The fourth-order valence-corrected chi connectivity index (χ4v) is 2.77. The molecule has 5 heteroatoms. The van der Waals surface area contributed by atoms with E-state index in [4.69, 9.17) is 4.74 Å². The molecule has 0 aliphatic carbocycles. The van der Waals surface area contributed by atoms with Gasteiger partial charge in [-0.3, -0.25) is 0 Å². The summed E-state index contributed by atoms with van der Waals surface area (Å²) >= 11 is 1.42. The van der Waals surface area contributed by atoms with Crippen molar-refractivity contribution in [3.63, 3.8) is 0 Å². The molecule has 3 nitrogen and oxygen atoms in total. The molecule has 1 fully saturated rings. The van der Waals surface area contributed by atoms with Gasteiger partial charge in [0.2, 0.25) is 0 Å². The van der Waals surface area contributed by atoms with Gasteiger partial charge >= 0.3 is 0 Å². The van der Waals surface area contributed by atoms with E-state index in [1.54, 1.807) is 12.1 Å². The zero-order valence-electron chi connectivity index (χ0n) is 9.39. The molecule has 3 rings (SSSR count). The molecule has 0 unspecified atom stereocenters. The number of halogens is 1. The van der Waals surface area contributed by atoms with E-state index in [1.165, 1.54) is 23.5 Å². The smallest absolute Gasteiger partial charge is 0.155 e. The van der Waals surface area contributed by atoms with Crippen molar-refractivity contribution >= 4 is 11.3 Å². The molecule has 18 heavy (non-hydrogen) atoms. The van der Waals surface area contributed by atoms with Gasteiger partial charge in [0, 0.05) is 10.9 Å². The van der Waals surface area contributed by atoms with Crippen LogP contribution >= 0.6 is 11.3 Å². The minimum absolute atomic E-state index is 0.288. The number of rotatable bonds is 2. The molecule has 1 aliphatic rings. The molecule has 0 N–H and O–H groups in total. The molecule has 1 aromatic carbocycles. The summed E-state index contributed by atoms with van der Waals surface area (Å²) in [4.78, 5) is 4.44. The molecule has 1 aliphatic heterocycles. The largest absolute Gasteiger partial charge is 0.377 e. The van der Waals surface area contributed by atoms with Crippen molar-refractivity contribution in [1.82, 2.24) is 4.98 Å². The first kappa shape index (κ1) is 11.3. The van der Waals surface area contributed by atoms with Gasteiger partial charge in [0.1, 0.15) is 10.8 Å². The maximum absolute atomic E-state index is 13.1. The first-order valence-corrected chi connectivity index (χ1v) is 6.32. The Balaban J connectivity index is 1.97. The van der Waals surface area contributed by atoms with Crippen LogP contribution in [-0.2, 0) is 10.2 Å². The second-order valence-corrected chi connectivity index (χ2v) is 5.09. The third kappa shape index (κ3) is 1.70. The molecule has 2 aromatic rings. The Kier molecular flexibility index (Phi) is 2.62. The number of nitriles is 1. The summed E-state index contributed by atoms with van der Waals surface area (Å²) in [6.07, 6.45) is 0. The Morgan fingerprint density at radius 3 is 2.89 bits per heavy atom. The maximum Gasteiger partial charge on any atom is 0.155 e. The molecule has 90 valence electrons. The molecule has 0 radical (unpaired) electrons. The molecule has 0 bridgehead atoms. The van der Waals surface area contributed by atoms with Crippen LogP contribution in [0.15, 0.2) is 29.6 Å². The summed E-state index contributed by atoms with van der Waals surface area (Å²) in [6.45, 7) is 0.777. The zero-order chi connectivity index (χ0) is 12.6. The van der Waals surface area contributed by atoms with Crippen molar-refractivity contribution in [2.75, 3.05) is 13.2 Å². The van der Waals surface area contributed by atoms with Gasteiger partial charge in [0.25, 0.3) is 0 Å². The Morgan fingerprint density at radius 2 is 2.28 bits per heavy atom. The molecule has 0 atom stereocenters. The van der Waals surface area contributed by atoms with Crippen molar-refractivity contribution < 1.29 is 9.13 Å². The monoisotopic (exact) mass is 260 g/mol. The molecule has 0 spiro atoms. The lowest BCUT2D eigenvalue weighted by atomic mass is 9.89. The molecule has 0 saturated carbocycles. The molecule has 2 heterocycles. The second kappa shape index (κ2) is 4.16. The summed E-state index contributed by atoms with van der Waals surface area (Å²) in [7, 11) is 0. The lowest BCUT2D eigenvalue weighted by molar-refractivity contribution is -0.0298. The molecular formula is C13H9FN2OS. The fraction of sp³-hybridized carbons (Fsp3) is 0.231. The average molecular weight is 260 g/mol.